The van der Waals surface area contributed by atoms with Gasteiger partial charge in [0.15, 0.2) is 0 Å². The molecule has 6 heteroatoms. The Hall–Kier alpha value is -2.05. The summed E-state index contributed by atoms with van der Waals surface area (Å²) >= 11 is 0. The highest BCUT2D eigenvalue weighted by atomic mass is 16.5. The van der Waals surface area contributed by atoms with Gasteiger partial charge in [-0.15, -0.1) is 0 Å². The van der Waals surface area contributed by atoms with E-state index < -0.39 is 0 Å². The first-order chi connectivity index (χ1) is 13.1. The first kappa shape index (κ1) is 18.3. The molecule has 0 N–H and O–H groups in total. The van der Waals surface area contributed by atoms with Gasteiger partial charge in [0.05, 0.1) is 12.3 Å². The molecule has 0 radical (unpaired) electrons. The average Bonchev–Trinajstić information content (AvgIpc) is 2.98. The Bertz CT molecular complexity index is 796. The van der Waals surface area contributed by atoms with Crippen molar-refractivity contribution in [2.75, 3.05) is 44.8 Å². The smallest absolute Gasteiger partial charge is 0.225 e. The predicted octanol–water partition coefficient (Wildman–Crippen LogP) is 2.70. The number of hydrogen-bond donors (Lipinski definition) is 0. The molecule has 0 spiro atoms. The van der Waals surface area contributed by atoms with Crippen molar-refractivity contribution < 1.29 is 4.74 Å². The summed E-state index contributed by atoms with van der Waals surface area (Å²) in [4.78, 5) is 19.1. The molecule has 0 aliphatic carbocycles. The lowest BCUT2D eigenvalue weighted by Crippen LogP contribution is -2.45. The average molecular weight is 367 g/mol. The number of anilines is 1. The number of aromatic nitrogens is 3. The van der Waals surface area contributed by atoms with Gasteiger partial charge in [0.25, 0.3) is 0 Å². The normalized spacial score (nSPS) is 22.9. The summed E-state index contributed by atoms with van der Waals surface area (Å²) in [6, 6.07) is 6.71. The molecule has 0 saturated carbocycles. The van der Waals surface area contributed by atoms with Gasteiger partial charge in [-0.3, -0.25) is 9.88 Å². The van der Waals surface area contributed by atoms with Crippen LogP contribution in [0.3, 0.4) is 0 Å². The standard InChI is InChI=1S/C21H29N5O/c1-15-4-7-19(16(2)23-15)20-8-9-22-21(24-20)26-13-17-5-6-18(14-26)25(12-17)10-11-27-3/h4,7-9,17-18H,5-6,10-14H2,1-3H3/t17-,18-/m0/s1. The number of nitrogens with zero attached hydrogens (tertiary/aromatic N) is 5. The van der Waals surface area contributed by atoms with Gasteiger partial charge in [0.1, 0.15) is 0 Å². The Morgan fingerprint density at radius 3 is 2.78 bits per heavy atom. The topological polar surface area (TPSA) is 54.4 Å². The van der Waals surface area contributed by atoms with Crippen LogP contribution in [0.25, 0.3) is 11.3 Å². The Labute approximate surface area is 161 Å². The third kappa shape index (κ3) is 3.96. The molecule has 0 unspecified atom stereocenters. The third-order valence-corrected chi connectivity index (χ3v) is 5.84. The number of fused-ring (bicyclic) bond motifs is 4. The lowest BCUT2D eigenvalue weighted by atomic mass is 9.95. The Morgan fingerprint density at radius 1 is 1.07 bits per heavy atom. The fourth-order valence-corrected chi connectivity index (χ4v) is 4.43. The highest BCUT2D eigenvalue weighted by Crippen LogP contribution is 2.30. The van der Waals surface area contributed by atoms with Crippen LogP contribution in [0.1, 0.15) is 24.2 Å². The summed E-state index contributed by atoms with van der Waals surface area (Å²) in [6.45, 7) is 9.07. The van der Waals surface area contributed by atoms with Crippen molar-refractivity contribution in [2.24, 2.45) is 5.92 Å². The maximum atomic E-state index is 5.30. The Morgan fingerprint density at radius 2 is 1.96 bits per heavy atom. The van der Waals surface area contributed by atoms with Crippen molar-refractivity contribution in [3.63, 3.8) is 0 Å². The minimum atomic E-state index is 0.564. The van der Waals surface area contributed by atoms with Crippen molar-refractivity contribution in [1.82, 2.24) is 19.9 Å². The second kappa shape index (κ2) is 7.90. The lowest BCUT2D eigenvalue weighted by molar-refractivity contribution is 0.0889. The van der Waals surface area contributed by atoms with Crippen LogP contribution in [0.4, 0.5) is 5.95 Å². The van der Waals surface area contributed by atoms with Crippen molar-refractivity contribution in [2.45, 2.75) is 32.7 Å². The van der Waals surface area contributed by atoms with Gasteiger partial charge in [0, 0.05) is 62.5 Å². The third-order valence-electron chi connectivity index (χ3n) is 5.84. The maximum Gasteiger partial charge on any atom is 0.225 e. The number of ether oxygens (including phenoxy) is 1. The molecule has 3 fully saturated rings. The minimum absolute atomic E-state index is 0.564. The molecule has 0 aromatic carbocycles. The van der Waals surface area contributed by atoms with E-state index in [-0.39, 0.29) is 0 Å². The Kier molecular flexibility index (Phi) is 5.36. The van der Waals surface area contributed by atoms with Crippen LogP contribution >= 0.6 is 0 Å². The second-order valence-electron chi connectivity index (χ2n) is 7.82. The summed E-state index contributed by atoms with van der Waals surface area (Å²) in [6.07, 6.45) is 4.43. The monoisotopic (exact) mass is 367 g/mol. The van der Waals surface area contributed by atoms with Crippen LogP contribution < -0.4 is 4.90 Å². The molecular weight excluding hydrogens is 338 g/mol. The van der Waals surface area contributed by atoms with Gasteiger partial charge in [-0.05, 0) is 50.8 Å². The van der Waals surface area contributed by atoms with Crippen LogP contribution in [0.2, 0.25) is 0 Å². The highest BCUT2D eigenvalue weighted by Gasteiger charge is 2.35. The lowest BCUT2D eigenvalue weighted by Gasteiger charge is -2.35. The van der Waals surface area contributed by atoms with E-state index in [0.29, 0.717) is 12.0 Å². The van der Waals surface area contributed by atoms with E-state index in [0.717, 1.165) is 61.4 Å². The fourth-order valence-electron chi connectivity index (χ4n) is 4.43. The van der Waals surface area contributed by atoms with E-state index in [4.69, 9.17) is 9.72 Å². The highest BCUT2D eigenvalue weighted by molar-refractivity contribution is 5.62. The van der Waals surface area contributed by atoms with E-state index in [9.17, 15) is 0 Å². The van der Waals surface area contributed by atoms with Crippen molar-refractivity contribution >= 4 is 5.95 Å². The molecule has 3 aliphatic rings. The molecule has 3 saturated heterocycles. The molecule has 2 bridgehead atoms. The predicted molar refractivity (Wildman–Crippen MR) is 107 cm³/mol. The van der Waals surface area contributed by atoms with Crippen molar-refractivity contribution in [3.05, 3.63) is 35.8 Å². The first-order valence-corrected chi connectivity index (χ1v) is 9.89. The molecule has 2 atom stereocenters. The summed E-state index contributed by atoms with van der Waals surface area (Å²) in [5, 5.41) is 0. The zero-order chi connectivity index (χ0) is 18.8. The summed E-state index contributed by atoms with van der Waals surface area (Å²) < 4.78 is 5.30. The van der Waals surface area contributed by atoms with E-state index in [1.54, 1.807) is 7.11 Å². The largest absolute Gasteiger partial charge is 0.383 e. The zero-order valence-electron chi connectivity index (χ0n) is 16.6. The molecule has 2 aromatic rings. The first-order valence-electron chi connectivity index (χ1n) is 9.89. The van der Waals surface area contributed by atoms with Crippen LogP contribution in [0, 0.1) is 19.8 Å². The summed E-state index contributed by atoms with van der Waals surface area (Å²) in [5.74, 6) is 1.52. The Balaban J connectivity index is 1.57. The van der Waals surface area contributed by atoms with Crippen LogP contribution in [0.15, 0.2) is 24.4 Å². The van der Waals surface area contributed by atoms with E-state index in [1.165, 1.54) is 12.8 Å². The molecule has 2 aromatic heterocycles. The number of aryl methyl sites for hydroxylation is 2. The molecular formula is C21H29N5O. The quantitative estimate of drug-likeness (QED) is 0.810. The molecule has 0 amide bonds. The van der Waals surface area contributed by atoms with Gasteiger partial charge >= 0.3 is 0 Å². The fraction of sp³-hybridized carbons (Fsp3) is 0.571. The maximum absolute atomic E-state index is 5.30. The van der Waals surface area contributed by atoms with Gasteiger partial charge in [-0.2, -0.15) is 0 Å². The zero-order valence-corrected chi connectivity index (χ0v) is 16.6. The van der Waals surface area contributed by atoms with Crippen molar-refractivity contribution in [3.8, 4) is 11.3 Å². The summed E-state index contributed by atoms with van der Waals surface area (Å²) in [7, 11) is 1.78. The van der Waals surface area contributed by atoms with E-state index >= 15 is 0 Å². The molecule has 5 heterocycles. The number of piperidine rings is 1. The molecule has 27 heavy (non-hydrogen) atoms. The molecule has 3 aliphatic heterocycles. The number of rotatable bonds is 5. The summed E-state index contributed by atoms with van der Waals surface area (Å²) in [5.41, 5.74) is 4.09. The van der Waals surface area contributed by atoms with Crippen LogP contribution in [-0.4, -0.2) is 65.8 Å². The van der Waals surface area contributed by atoms with E-state index in [2.05, 4.69) is 25.8 Å². The number of hydrogen-bond acceptors (Lipinski definition) is 6. The van der Waals surface area contributed by atoms with Gasteiger partial charge < -0.3 is 9.64 Å². The molecule has 144 valence electrons. The van der Waals surface area contributed by atoms with Crippen LogP contribution in [0.5, 0.6) is 0 Å². The van der Waals surface area contributed by atoms with E-state index in [1.807, 2.05) is 32.2 Å². The van der Waals surface area contributed by atoms with Gasteiger partial charge in [-0.25, -0.2) is 9.97 Å². The second-order valence-corrected chi connectivity index (χ2v) is 7.82. The number of methoxy groups -OCH3 is 1. The van der Waals surface area contributed by atoms with Gasteiger partial charge in [0.2, 0.25) is 5.95 Å². The molecule has 5 rings (SSSR count). The van der Waals surface area contributed by atoms with Crippen LogP contribution in [-0.2, 0) is 4.74 Å². The molecule has 6 nitrogen and oxygen atoms in total. The van der Waals surface area contributed by atoms with Gasteiger partial charge in [-0.1, -0.05) is 0 Å². The SMILES string of the molecule is COCCN1C[C@@H]2CC[C@H]1CN(c1nccc(-c3ccc(C)nc3C)n1)C2. The van der Waals surface area contributed by atoms with Crippen molar-refractivity contribution in [1.29, 1.82) is 0 Å². The number of pyridine rings is 1. The minimum Gasteiger partial charge on any atom is -0.383 e.